The molecule has 0 saturated heterocycles. The Hall–Kier alpha value is -4.37. The molecule has 0 bridgehead atoms. The zero-order chi connectivity index (χ0) is 22.8. The number of carbonyl (C=O) groups is 1. The topological polar surface area (TPSA) is 115 Å². The fourth-order valence-electron chi connectivity index (χ4n) is 3.34. The average molecular weight is 456 g/mol. The van der Waals surface area contributed by atoms with Crippen molar-refractivity contribution in [3.05, 3.63) is 91.1 Å². The van der Waals surface area contributed by atoms with E-state index in [9.17, 15) is 13.2 Å². The standard InChI is InChI=1S/C24H16N4O4S/c29-14-17-8-11-23(32-17)21-12-20-22(13-25-21)26-15-27-24(20)28-16-6-9-19(10-7-16)33(30,31)18-4-2-1-3-5-18/h1-15H,(H,26,27,28). The Morgan fingerprint density at radius 1 is 0.848 bits per heavy atom. The maximum absolute atomic E-state index is 12.8. The van der Waals surface area contributed by atoms with Crippen molar-refractivity contribution in [1.82, 2.24) is 15.0 Å². The van der Waals surface area contributed by atoms with E-state index in [1.807, 2.05) is 0 Å². The molecule has 2 aromatic carbocycles. The van der Waals surface area contributed by atoms with E-state index in [2.05, 4.69) is 20.3 Å². The molecule has 9 heteroatoms. The first-order valence-electron chi connectivity index (χ1n) is 9.88. The molecule has 3 aromatic heterocycles. The molecule has 0 amide bonds. The summed E-state index contributed by atoms with van der Waals surface area (Å²) in [4.78, 5) is 24.2. The van der Waals surface area contributed by atoms with Gasteiger partial charge in [-0.15, -0.1) is 0 Å². The minimum atomic E-state index is -3.60. The van der Waals surface area contributed by atoms with Crippen molar-refractivity contribution in [3.8, 4) is 11.5 Å². The number of sulfone groups is 1. The summed E-state index contributed by atoms with van der Waals surface area (Å²) in [5.74, 6) is 1.17. The lowest BCUT2D eigenvalue weighted by molar-refractivity contribution is 0.110. The molecule has 5 rings (SSSR count). The Morgan fingerprint density at radius 3 is 2.33 bits per heavy atom. The van der Waals surface area contributed by atoms with Crippen LogP contribution < -0.4 is 5.32 Å². The number of fused-ring (bicyclic) bond motifs is 1. The molecule has 0 aliphatic rings. The fraction of sp³-hybridized carbons (Fsp3) is 0. The van der Waals surface area contributed by atoms with Crippen LogP contribution >= 0.6 is 0 Å². The van der Waals surface area contributed by atoms with Gasteiger partial charge in [0.15, 0.2) is 17.8 Å². The molecule has 3 heterocycles. The second kappa shape index (κ2) is 8.29. The molecule has 0 radical (unpaired) electrons. The van der Waals surface area contributed by atoms with Crippen molar-refractivity contribution >= 4 is 38.5 Å². The summed E-state index contributed by atoms with van der Waals surface area (Å²) in [5.41, 5.74) is 1.79. The summed E-state index contributed by atoms with van der Waals surface area (Å²) in [6.07, 6.45) is 3.64. The van der Waals surface area contributed by atoms with E-state index in [1.54, 1.807) is 79.0 Å². The summed E-state index contributed by atoms with van der Waals surface area (Å²) < 4.78 is 31.0. The minimum Gasteiger partial charge on any atom is -0.452 e. The van der Waals surface area contributed by atoms with E-state index in [0.717, 1.165) is 0 Å². The van der Waals surface area contributed by atoms with Crippen LogP contribution in [0, 0.1) is 0 Å². The third-order valence-corrected chi connectivity index (χ3v) is 6.78. The number of aldehydes is 1. The second-order valence-electron chi connectivity index (χ2n) is 7.09. The largest absolute Gasteiger partial charge is 0.452 e. The summed E-state index contributed by atoms with van der Waals surface area (Å²) >= 11 is 0. The predicted molar refractivity (Wildman–Crippen MR) is 122 cm³/mol. The SMILES string of the molecule is O=Cc1ccc(-c2cc3c(Nc4ccc(S(=O)(=O)c5ccccc5)cc4)ncnc3cn2)o1. The van der Waals surface area contributed by atoms with E-state index in [4.69, 9.17) is 4.42 Å². The molecule has 0 unspecified atom stereocenters. The van der Waals surface area contributed by atoms with E-state index in [1.165, 1.54) is 6.33 Å². The van der Waals surface area contributed by atoms with Crippen molar-refractivity contribution in [2.45, 2.75) is 9.79 Å². The number of carbonyl (C=O) groups excluding carboxylic acids is 1. The van der Waals surface area contributed by atoms with Gasteiger partial charge in [-0.25, -0.2) is 18.4 Å². The van der Waals surface area contributed by atoms with Crippen molar-refractivity contribution in [3.63, 3.8) is 0 Å². The first-order chi connectivity index (χ1) is 16.0. The molecule has 1 N–H and O–H groups in total. The lowest BCUT2D eigenvalue weighted by atomic mass is 10.2. The second-order valence-corrected chi connectivity index (χ2v) is 9.04. The highest BCUT2D eigenvalue weighted by Crippen LogP contribution is 2.28. The maximum atomic E-state index is 12.8. The van der Waals surface area contributed by atoms with Crippen LogP contribution in [-0.4, -0.2) is 29.7 Å². The lowest BCUT2D eigenvalue weighted by Crippen LogP contribution is -2.02. The van der Waals surface area contributed by atoms with Crippen LogP contribution in [0.1, 0.15) is 10.6 Å². The van der Waals surface area contributed by atoms with Gasteiger partial charge >= 0.3 is 0 Å². The van der Waals surface area contributed by atoms with Crippen LogP contribution in [0.5, 0.6) is 0 Å². The quantitative estimate of drug-likeness (QED) is 0.367. The zero-order valence-corrected chi connectivity index (χ0v) is 17.9. The van der Waals surface area contributed by atoms with Crippen LogP contribution in [0.25, 0.3) is 22.4 Å². The first kappa shape index (κ1) is 20.5. The van der Waals surface area contributed by atoms with Gasteiger partial charge in [0.1, 0.15) is 17.8 Å². The number of aromatic nitrogens is 3. The van der Waals surface area contributed by atoms with E-state index in [0.29, 0.717) is 40.1 Å². The molecule has 0 fully saturated rings. The van der Waals surface area contributed by atoms with Gasteiger partial charge in [0.05, 0.1) is 21.5 Å². The van der Waals surface area contributed by atoms with Gasteiger partial charge in [-0.1, -0.05) is 18.2 Å². The third kappa shape index (κ3) is 3.97. The highest BCUT2D eigenvalue weighted by atomic mass is 32.2. The van der Waals surface area contributed by atoms with Crippen LogP contribution in [0.2, 0.25) is 0 Å². The van der Waals surface area contributed by atoms with Gasteiger partial charge in [-0.3, -0.25) is 9.78 Å². The number of hydrogen-bond acceptors (Lipinski definition) is 8. The Bertz CT molecular complexity index is 1560. The maximum Gasteiger partial charge on any atom is 0.206 e. The molecule has 0 atom stereocenters. The lowest BCUT2D eigenvalue weighted by Gasteiger charge is -2.10. The summed E-state index contributed by atoms with van der Waals surface area (Å²) in [6.45, 7) is 0. The number of anilines is 2. The molecule has 33 heavy (non-hydrogen) atoms. The Labute approximate surface area is 188 Å². The number of nitrogens with zero attached hydrogens (tertiary/aromatic N) is 3. The molecule has 5 aromatic rings. The monoisotopic (exact) mass is 456 g/mol. The average Bonchev–Trinajstić information content (AvgIpc) is 3.34. The van der Waals surface area contributed by atoms with Crippen molar-refractivity contribution in [2.24, 2.45) is 0 Å². The number of hydrogen-bond donors (Lipinski definition) is 1. The predicted octanol–water partition coefficient (Wildman–Crippen LogP) is 4.67. The molecular weight excluding hydrogens is 440 g/mol. The number of pyridine rings is 1. The van der Waals surface area contributed by atoms with Crippen molar-refractivity contribution in [1.29, 1.82) is 0 Å². The molecule has 8 nitrogen and oxygen atoms in total. The Kier molecular flexibility index (Phi) is 5.15. The van der Waals surface area contributed by atoms with E-state index >= 15 is 0 Å². The normalized spacial score (nSPS) is 11.4. The number of nitrogens with one attached hydrogen (secondary N) is 1. The van der Waals surface area contributed by atoms with Crippen LogP contribution in [0.3, 0.4) is 0 Å². The minimum absolute atomic E-state index is 0.196. The molecule has 162 valence electrons. The molecule has 0 aliphatic carbocycles. The Morgan fingerprint density at radius 2 is 1.61 bits per heavy atom. The first-order valence-corrected chi connectivity index (χ1v) is 11.4. The zero-order valence-electron chi connectivity index (χ0n) is 17.0. The fourth-order valence-corrected chi connectivity index (χ4v) is 4.62. The van der Waals surface area contributed by atoms with Gasteiger partial charge in [0.2, 0.25) is 9.84 Å². The van der Waals surface area contributed by atoms with Crippen molar-refractivity contribution < 1.29 is 17.6 Å². The number of furan rings is 1. The van der Waals surface area contributed by atoms with Gasteiger partial charge in [0.25, 0.3) is 0 Å². The molecule has 0 saturated carbocycles. The van der Waals surface area contributed by atoms with Gasteiger partial charge in [0, 0.05) is 11.1 Å². The van der Waals surface area contributed by atoms with Gasteiger partial charge < -0.3 is 9.73 Å². The van der Waals surface area contributed by atoms with E-state index in [-0.39, 0.29) is 15.6 Å². The smallest absolute Gasteiger partial charge is 0.206 e. The number of rotatable bonds is 6. The van der Waals surface area contributed by atoms with Crippen LogP contribution in [-0.2, 0) is 9.84 Å². The summed E-state index contributed by atoms with van der Waals surface area (Å²) in [5, 5.41) is 3.89. The third-order valence-electron chi connectivity index (χ3n) is 5.00. The highest BCUT2D eigenvalue weighted by molar-refractivity contribution is 7.91. The van der Waals surface area contributed by atoms with Crippen molar-refractivity contribution in [2.75, 3.05) is 5.32 Å². The summed E-state index contributed by atoms with van der Waals surface area (Å²) in [7, 11) is -3.60. The van der Waals surface area contributed by atoms with Gasteiger partial charge in [-0.05, 0) is 54.6 Å². The van der Waals surface area contributed by atoms with Gasteiger partial charge in [-0.2, -0.15) is 0 Å². The number of benzene rings is 2. The van der Waals surface area contributed by atoms with Crippen LogP contribution in [0.15, 0.2) is 99.5 Å². The molecule has 0 aliphatic heterocycles. The Balaban J connectivity index is 1.46. The summed E-state index contributed by atoms with van der Waals surface area (Å²) in [6, 6.07) is 19.7. The molecule has 0 spiro atoms. The molecular formula is C24H16N4O4S. The highest BCUT2D eigenvalue weighted by Gasteiger charge is 2.17. The van der Waals surface area contributed by atoms with Crippen LogP contribution in [0.4, 0.5) is 11.5 Å². The van der Waals surface area contributed by atoms with E-state index < -0.39 is 9.84 Å².